The molecule has 1 aliphatic rings. The van der Waals surface area contributed by atoms with E-state index in [0.29, 0.717) is 12.6 Å². The van der Waals surface area contributed by atoms with E-state index < -0.39 is 0 Å². The van der Waals surface area contributed by atoms with Gasteiger partial charge in [0.15, 0.2) is 0 Å². The van der Waals surface area contributed by atoms with E-state index in [1.54, 1.807) is 11.3 Å². The third-order valence-electron chi connectivity index (χ3n) is 4.55. The molecule has 3 rings (SSSR count). The van der Waals surface area contributed by atoms with E-state index in [9.17, 15) is 9.59 Å². The molecule has 7 nitrogen and oxygen atoms in total. The standard InChI is InChI=1S/C21H29N5O2S/c1-13(14-5-7-15(8-6-14)25-20(28)26-16-9-10-16)23-19(27)22-11-17-12-29-18(24-17)21(2,3)4/h5-8,12-13,16H,9-11H2,1-4H3,(H2,22,23,27)(H2,25,26,28). The minimum atomic E-state index is -0.242. The molecular weight excluding hydrogens is 386 g/mol. The van der Waals surface area contributed by atoms with Crippen molar-refractivity contribution in [1.29, 1.82) is 0 Å². The zero-order valence-electron chi connectivity index (χ0n) is 17.3. The molecule has 0 saturated heterocycles. The average molecular weight is 416 g/mol. The molecule has 0 aliphatic heterocycles. The zero-order chi connectivity index (χ0) is 21.0. The Kier molecular flexibility index (Phi) is 6.42. The van der Waals surface area contributed by atoms with Crippen LogP contribution in [0.15, 0.2) is 29.6 Å². The van der Waals surface area contributed by atoms with Gasteiger partial charge in [-0.15, -0.1) is 11.3 Å². The van der Waals surface area contributed by atoms with Crippen LogP contribution >= 0.6 is 11.3 Å². The number of benzene rings is 1. The summed E-state index contributed by atoms with van der Waals surface area (Å²) in [6.07, 6.45) is 2.11. The molecule has 0 bridgehead atoms. The maximum absolute atomic E-state index is 12.2. The summed E-state index contributed by atoms with van der Waals surface area (Å²) in [6.45, 7) is 8.68. The van der Waals surface area contributed by atoms with Crippen molar-refractivity contribution in [3.05, 3.63) is 45.9 Å². The molecule has 2 aromatic rings. The predicted octanol–water partition coefficient (Wildman–Crippen LogP) is 4.28. The highest BCUT2D eigenvalue weighted by Crippen LogP contribution is 2.25. The van der Waals surface area contributed by atoms with Gasteiger partial charge >= 0.3 is 12.1 Å². The number of carbonyl (C=O) groups is 2. The third-order valence-corrected chi connectivity index (χ3v) is 5.87. The molecule has 1 aromatic carbocycles. The van der Waals surface area contributed by atoms with E-state index in [1.165, 1.54) is 0 Å². The van der Waals surface area contributed by atoms with Gasteiger partial charge in [-0.25, -0.2) is 14.6 Å². The minimum absolute atomic E-state index is 0.0132. The molecule has 1 heterocycles. The SMILES string of the molecule is CC(NC(=O)NCc1csc(C(C)(C)C)n1)c1ccc(NC(=O)NC2CC2)cc1. The van der Waals surface area contributed by atoms with Crippen LogP contribution < -0.4 is 21.3 Å². The number of amides is 4. The zero-order valence-corrected chi connectivity index (χ0v) is 18.2. The number of rotatable bonds is 6. The van der Waals surface area contributed by atoms with Crippen molar-refractivity contribution in [2.45, 2.75) is 64.6 Å². The Bertz CT molecular complexity index is 853. The number of hydrogen-bond donors (Lipinski definition) is 4. The summed E-state index contributed by atoms with van der Waals surface area (Å²) in [4.78, 5) is 28.6. The Morgan fingerprint density at radius 1 is 1.17 bits per heavy atom. The number of anilines is 1. The van der Waals surface area contributed by atoms with Gasteiger partial charge in [-0.2, -0.15) is 0 Å². The van der Waals surface area contributed by atoms with E-state index in [1.807, 2.05) is 36.6 Å². The van der Waals surface area contributed by atoms with Crippen molar-refractivity contribution < 1.29 is 9.59 Å². The molecule has 0 spiro atoms. The van der Waals surface area contributed by atoms with Crippen molar-refractivity contribution in [3.8, 4) is 0 Å². The molecular formula is C21H29N5O2S. The molecule has 156 valence electrons. The van der Waals surface area contributed by atoms with Gasteiger partial charge in [0.1, 0.15) is 0 Å². The lowest BCUT2D eigenvalue weighted by Crippen LogP contribution is -2.36. The van der Waals surface area contributed by atoms with Crippen molar-refractivity contribution >= 4 is 29.1 Å². The molecule has 1 atom stereocenters. The van der Waals surface area contributed by atoms with Crippen molar-refractivity contribution in [1.82, 2.24) is 20.9 Å². The molecule has 29 heavy (non-hydrogen) atoms. The predicted molar refractivity (Wildman–Crippen MR) is 116 cm³/mol. The van der Waals surface area contributed by atoms with Crippen LogP contribution in [0.1, 0.15) is 62.8 Å². The number of carbonyl (C=O) groups excluding carboxylic acids is 2. The first-order chi connectivity index (χ1) is 13.7. The van der Waals surface area contributed by atoms with Crippen LogP contribution in [0, 0.1) is 0 Å². The lowest BCUT2D eigenvalue weighted by atomic mass is 9.98. The molecule has 8 heteroatoms. The maximum Gasteiger partial charge on any atom is 0.319 e. The van der Waals surface area contributed by atoms with Crippen molar-refractivity contribution in [2.24, 2.45) is 0 Å². The Morgan fingerprint density at radius 2 is 1.86 bits per heavy atom. The second kappa shape index (κ2) is 8.82. The summed E-state index contributed by atoms with van der Waals surface area (Å²) in [5, 5.41) is 14.5. The van der Waals surface area contributed by atoms with Crippen LogP contribution in [0.25, 0.3) is 0 Å². The monoisotopic (exact) mass is 415 g/mol. The summed E-state index contributed by atoms with van der Waals surface area (Å²) in [5.41, 5.74) is 2.56. The number of urea groups is 2. The van der Waals surface area contributed by atoms with Gasteiger partial charge in [0.2, 0.25) is 0 Å². The first kappa shape index (κ1) is 21.1. The third kappa shape index (κ3) is 6.45. The highest BCUT2D eigenvalue weighted by molar-refractivity contribution is 7.09. The lowest BCUT2D eigenvalue weighted by Gasteiger charge is -2.16. The number of hydrogen-bond acceptors (Lipinski definition) is 4. The Morgan fingerprint density at radius 3 is 2.45 bits per heavy atom. The molecule has 1 fully saturated rings. The van der Waals surface area contributed by atoms with Gasteiger partial charge in [0, 0.05) is 22.5 Å². The number of nitrogens with one attached hydrogen (secondary N) is 4. The van der Waals surface area contributed by atoms with E-state index in [2.05, 4.69) is 47.0 Å². The summed E-state index contributed by atoms with van der Waals surface area (Å²) in [7, 11) is 0. The van der Waals surface area contributed by atoms with Crippen LogP contribution in [-0.2, 0) is 12.0 Å². The second-order valence-corrected chi connectivity index (χ2v) is 9.30. The van der Waals surface area contributed by atoms with Gasteiger partial charge < -0.3 is 21.3 Å². The second-order valence-electron chi connectivity index (χ2n) is 8.44. The van der Waals surface area contributed by atoms with Crippen molar-refractivity contribution in [2.75, 3.05) is 5.32 Å². The normalized spacial score (nSPS) is 14.8. The van der Waals surface area contributed by atoms with Crippen molar-refractivity contribution in [3.63, 3.8) is 0 Å². The summed E-state index contributed by atoms with van der Waals surface area (Å²) in [5.74, 6) is 0. The maximum atomic E-state index is 12.2. The van der Waals surface area contributed by atoms with Gasteiger partial charge in [0.05, 0.1) is 23.3 Å². The first-order valence-electron chi connectivity index (χ1n) is 9.87. The van der Waals surface area contributed by atoms with Crippen LogP contribution in [0.3, 0.4) is 0 Å². The molecule has 0 radical (unpaired) electrons. The first-order valence-corrected chi connectivity index (χ1v) is 10.8. The number of nitrogens with zero attached hydrogens (tertiary/aromatic N) is 1. The summed E-state index contributed by atoms with van der Waals surface area (Å²) < 4.78 is 0. The Hall–Kier alpha value is -2.61. The van der Waals surface area contributed by atoms with E-state index in [-0.39, 0.29) is 23.5 Å². The summed E-state index contributed by atoms with van der Waals surface area (Å²) in [6, 6.07) is 7.20. The van der Waals surface area contributed by atoms with Crippen LogP contribution in [0.4, 0.5) is 15.3 Å². The van der Waals surface area contributed by atoms with E-state index >= 15 is 0 Å². The van der Waals surface area contributed by atoms with Gasteiger partial charge in [-0.1, -0.05) is 32.9 Å². The molecule has 1 aliphatic carbocycles. The van der Waals surface area contributed by atoms with Crippen LogP contribution in [0.2, 0.25) is 0 Å². The average Bonchev–Trinajstić information content (AvgIpc) is 3.31. The molecule has 1 unspecified atom stereocenters. The smallest absolute Gasteiger partial charge is 0.319 e. The summed E-state index contributed by atoms with van der Waals surface area (Å²) >= 11 is 1.61. The van der Waals surface area contributed by atoms with Crippen LogP contribution in [-0.4, -0.2) is 23.1 Å². The Labute approximate surface area is 175 Å². The molecule has 1 saturated carbocycles. The number of thiazole rings is 1. The highest BCUT2D eigenvalue weighted by Gasteiger charge is 2.23. The minimum Gasteiger partial charge on any atom is -0.335 e. The molecule has 4 amide bonds. The van der Waals surface area contributed by atoms with Gasteiger partial charge in [-0.3, -0.25) is 0 Å². The largest absolute Gasteiger partial charge is 0.335 e. The fraction of sp³-hybridized carbons (Fsp3) is 0.476. The molecule has 1 aromatic heterocycles. The number of aromatic nitrogens is 1. The van der Waals surface area contributed by atoms with Gasteiger partial charge in [-0.05, 0) is 37.5 Å². The quantitative estimate of drug-likeness (QED) is 0.567. The van der Waals surface area contributed by atoms with E-state index in [0.717, 1.165) is 34.8 Å². The molecule has 4 N–H and O–H groups in total. The van der Waals surface area contributed by atoms with Gasteiger partial charge in [0.25, 0.3) is 0 Å². The fourth-order valence-electron chi connectivity index (χ4n) is 2.67. The Balaban J connectivity index is 1.45. The van der Waals surface area contributed by atoms with Crippen LogP contribution in [0.5, 0.6) is 0 Å². The lowest BCUT2D eigenvalue weighted by molar-refractivity contribution is 0.237. The fourth-order valence-corrected chi connectivity index (χ4v) is 3.58. The topological polar surface area (TPSA) is 95.2 Å². The van der Waals surface area contributed by atoms with E-state index in [4.69, 9.17) is 0 Å². The highest BCUT2D eigenvalue weighted by atomic mass is 32.1.